The second-order valence-corrected chi connectivity index (χ2v) is 4.94. The minimum absolute atomic E-state index is 0.0229. The minimum atomic E-state index is -0.483. The molecule has 0 heterocycles. The van der Waals surface area contributed by atoms with Crippen molar-refractivity contribution in [3.63, 3.8) is 0 Å². The van der Waals surface area contributed by atoms with Gasteiger partial charge in [-0.1, -0.05) is 36.8 Å². The number of carbonyl (C=O) groups is 1. The summed E-state index contributed by atoms with van der Waals surface area (Å²) in [6.45, 7) is 0.590. The molecule has 1 amide bonds. The minimum Gasteiger partial charge on any atom is -0.395 e. The van der Waals surface area contributed by atoms with E-state index in [1.165, 1.54) is 0 Å². The highest BCUT2D eigenvalue weighted by molar-refractivity contribution is 5.83. The number of nitrogens with zero attached hydrogens (tertiary/aromatic N) is 1. The van der Waals surface area contributed by atoms with Crippen LogP contribution in [-0.2, 0) is 11.3 Å². The van der Waals surface area contributed by atoms with E-state index >= 15 is 0 Å². The standard InChI is InChI=1S/C14H19NO2/c1-15(10-12-6-3-2-4-7-12)13(17)14(11-16)8-5-9-14/h2-4,6-7,16H,5,8-11H2,1H3. The zero-order valence-corrected chi connectivity index (χ0v) is 10.2. The molecule has 1 N–H and O–H groups in total. The largest absolute Gasteiger partial charge is 0.395 e. The fourth-order valence-electron chi connectivity index (χ4n) is 2.38. The molecular formula is C14H19NO2. The van der Waals surface area contributed by atoms with Gasteiger partial charge in [0.25, 0.3) is 0 Å². The summed E-state index contributed by atoms with van der Waals surface area (Å²) < 4.78 is 0. The van der Waals surface area contributed by atoms with Crippen LogP contribution in [0.5, 0.6) is 0 Å². The summed E-state index contributed by atoms with van der Waals surface area (Å²) in [5.74, 6) is 0.0788. The molecule has 1 aromatic carbocycles. The van der Waals surface area contributed by atoms with E-state index in [9.17, 15) is 9.90 Å². The van der Waals surface area contributed by atoms with Crippen LogP contribution in [0.25, 0.3) is 0 Å². The van der Waals surface area contributed by atoms with Gasteiger partial charge in [0.1, 0.15) is 0 Å². The van der Waals surface area contributed by atoms with Crippen LogP contribution in [0.15, 0.2) is 30.3 Å². The van der Waals surface area contributed by atoms with Gasteiger partial charge in [-0.05, 0) is 18.4 Å². The predicted molar refractivity (Wildman–Crippen MR) is 66.3 cm³/mol. The molecule has 3 heteroatoms. The average molecular weight is 233 g/mol. The molecule has 1 saturated carbocycles. The van der Waals surface area contributed by atoms with Gasteiger partial charge in [0.05, 0.1) is 12.0 Å². The number of hydrogen-bond acceptors (Lipinski definition) is 2. The molecule has 0 spiro atoms. The number of benzene rings is 1. The van der Waals surface area contributed by atoms with Crippen molar-refractivity contribution in [2.24, 2.45) is 5.41 Å². The van der Waals surface area contributed by atoms with Gasteiger partial charge in [0, 0.05) is 13.6 Å². The lowest BCUT2D eigenvalue weighted by Crippen LogP contribution is -2.48. The van der Waals surface area contributed by atoms with Gasteiger partial charge < -0.3 is 10.0 Å². The molecule has 17 heavy (non-hydrogen) atoms. The first-order chi connectivity index (χ1) is 8.18. The summed E-state index contributed by atoms with van der Waals surface area (Å²) in [6.07, 6.45) is 2.69. The lowest BCUT2D eigenvalue weighted by Gasteiger charge is -2.41. The number of hydrogen-bond donors (Lipinski definition) is 1. The first-order valence-electron chi connectivity index (χ1n) is 6.08. The van der Waals surface area contributed by atoms with Crippen LogP contribution < -0.4 is 0 Å². The number of amides is 1. The quantitative estimate of drug-likeness (QED) is 0.861. The van der Waals surface area contributed by atoms with Gasteiger partial charge in [0.2, 0.25) is 5.91 Å². The molecule has 1 fully saturated rings. The first kappa shape index (κ1) is 12.1. The van der Waals surface area contributed by atoms with Crippen molar-refractivity contribution in [3.8, 4) is 0 Å². The molecule has 0 aromatic heterocycles. The third kappa shape index (κ3) is 2.34. The second-order valence-electron chi connectivity index (χ2n) is 4.94. The summed E-state index contributed by atoms with van der Waals surface area (Å²) in [5.41, 5.74) is 0.638. The van der Waals surface area contributed by atoms with Crippen LogP contribution in [0.2, 0.25) is 0 Å². The second kappa shape index (κ2) is 4.88. The Bertz CT molecular complexity index is 379. The van der Waals surface area contributed by atoms with Crippen molar-refractivity contribution >= 4 is 5.91 Å². The summed E-state index contributed by atoms with van der Waals surface area (Å²) in [6, 6.07) is 9.93. The third-order valence-corrected chi connectivity index (χ3v) is 3.68. The van der Waals surface area contributed by atoms with Crippen LogP contribution in [0.4, 0.5) is 0 Å². The predicted octanol–water partition coefficient (Wildman–Crippen LogP) is 1.81. The lowest BCUT2D eigenvalue weighted by atomic mass is 9.68. The molecule has 3 nitrogen and oxygen atoms in total. The van der Waals surface area contributed by atoms with E-state index in [-0.39, 0.29) is 12.5 Å². The molecular weight excluding hydrogens is 214 g/mol. The van der Waals surface area contributed by atoms with Crippen molar-refractivity contribution < 1.29 is 9.90 Å². The van der Waals surface area contributed by atoms with Gasteiger partial charge in [-0.15, -0.1) is 0 Å². The first-order valence-corrected chi connectivity index (χ1v) is 6.08. The van der Waals surface area contributed by atoms with E-state index in [4.69, 9.17) is 0 Å². The van der Waals surface area contributed by atoms with Gasteiger partial charge in [-0.2, -0.15) is 0 Å². The maximum atomic E-state index is 12.2. The molecule has 92 valence electrons. The number of aliphatic hydroxyl groups is 1. The summed E-state index contributed by atoms with van der Waals surface area (Å²) in [4.78, 5) is 14.0. The van der Waals surface area contributed by atoms with Gasteiger partial charge in [-0.25, -0.2) is 0 Å². The summed E-state index contributed by atoms with van der Waals surface area (Å²) in [5, 5.41) is 9.37. The normalized spacial score (nSPS) is 17.3. The zero-order chi connectivity index (χ0) is 12.3. The Morgan fingerprint density at radius 2 is 2.00 bits per heavy atom. The van der Waals surface area contributed by atoms with Crippen LogP contribution in [0.1, 0.15) is 24.8 Å². The molecule has 0 unspecified atom stereocenters. The van der Waals surface area contributed by atoms with Crippen molar-refractivity contribution in [1.29, 1.82) is 0 Å². The summed E-state index contributed by atoms with van der Waals surface area (Å²) in [7, 11) is 1.81. The van der Waals surface area contributed by atoms with Crippen LogP contribution in [-0.4, -0.2) is 29.6 Å². The average Bonchev–Trinajstić information content (AvgIpc) is 2.29. The molecule has 1 aliphatic rings. The number of rotatable bonds is 4. The molecule has 1 aliphatic carbocycles. The monoisotopic (exact) mass is 233 g/mol. The molecule has 0 aliphatic heterocycles. The Morgan fingerprint density at radius 3 is 2.47 bits per heavy atom. The van der Waals surface area contributed by atoms with E-state index in [0.29, 0.717) is 6.54 Å². The maximum Gasteiger partial charge on any atom is 0.231 e. The highest BCUT2D eigenvalue weighted by atomic mass is 16.3. The van der Waals surface area contributed by atoms with E-state index in [0.717, 1.165) is 24.8 Å². The van der Waals surface area contributed by atoms with Crippen LogP contribution in [0.3, 0.4) is 0 Å². The molecule has 0 atom stereocenters. The van der Waals surface area contributed by atoms with Gasteiger partial charge >= 0.3 is 0 Å². The lowest BCUT2D eigenvalue weighted by molar-refractivity contribution is -0.150. The molecule has 1 aromatic rings. The highest BCUT2D eigenvalue weighted by Crippen LogP contribution is 2.41. The molecule has 0 saturated heterocycles. The highest BCUT2D eigenvalue weighted by Gasteiger charge is 2.44. The smallest absolute Gasteiger partial charge is 0.231 e. The van der Waals surface area contributed by atoms with Gasteiger partial charge in [0.15, 0.2) is 0 Å². The zero-order valence-electron chi connectivity index (χ0n) is 10.2. The Kier molecular flexibility index (Phi) is 3.48. The van der Waals surface area contributed by atoms with E-state index in [1.54, 1.807) is 4.90 Å². The van der Waals surface area contributed by atoms with Crippen molar-refractivity contribution in [2.75, 3.05) is 13.7 Å². The number of aliphatic hydroxyl groups excluding tert-OH is 1. The fraction of sp³-hybridized carbons (Fsp3) is 0.500. The fourth-order valence-corrected chi connectivity index (χ4v) is 2.38. The third-order valence-electron chi connectivity index (χ3n) is 3.68. The topological polar surface area (TPSA) is 40.5 Å². The Labute approximate surface area is 102 Å². The molecule has 2 rings (SSSR count). The molecule has 0 bridgehead atoms. The van der Waals surface area contributed by atoms with Crippen LogP contribution in [0, 0.1) is 5.41 Å². The SMILES string of the molecule is CN(Cc1ccccc1)C(=O)C1(CO)CCC1. The maximum absolute atomic E-state index is 12.2. The van der Waals surface area contributed by atoms with E-state index in [1.807, 2.05) is 37.4 Å². The van der Waals surface area contributed by atoms with Crippen molar-refractivity contribution in [1.82, 2.24) is 4.90 Å². The summed E-state index contributed by atoms with van der Waals surface area (Å²) >= 11 is 0. The Hall–Kier alpha value is -1.35. The van der Waals surface area contributed by atoms with Crippen molar-refractivity contribution in [3.05, 3.63) is 35.9 Å². The Balaban J connectivity index is 2.00. The van der Waals surface area contributed by atoms with Gasteiger partial charge in [-0.3, -0.25) is 4.79 Å². The number of carbonyl (C=O) groups excluding carboxylic acids is 1. The van der Waals surface area contributed by atoms with Crippen LogP contribution >= 0.6 is 0 Å². The Morgan fingerprint density at radius 1 is 1.35 bits per heavy atom. The van der Waals surface area contributed by atoms with E-state index in [2.05, 4.69) is 0 Å². The molecule has 0 radical (unpaired) electrons. The van der Waals surface area contributed by atoms with Crippen molar-refractivity contribution in [2.45, 2.75) is 25.8 Å². The van der Waals surface area contributed by atoms with E-state index < -0.39 is 5.41 Å².